The van der Waals surface area contributed by atoms with E-state index < -0.39 is 23.3 Å². The van der Waals surface area contributed by atoms with Crippen LogP contribution in [-0.4, -0.2) is 18.2 Å². The van der Waals surface area contributed by atoms with Crippen molar-refractivity contribution in [2.45, 2.75) is 26.7 Å². The Balaban J connectivity index is 2.44. The maximum Gasteiger partial charge on any atom is 0.299 e. The van der Waals surface area contributed by atoms with Crippen LogP contribution in [-0.2, 0) is 4.79 Å². The van der Waals surface area contributed by atoms with E-state index in [0.29, 0.717) is 6.07 Å². The minimum Gasteiger partial charge on any atom is -0.302 e. The molecule has 3 nitrogen and oxygen atoms in total. The maximum atomic E-state index is 13.8. The molecule has 19 heavy (non-hydrogen) atoms. The fraction of sp³-hybridized carbons (Fsp3) is 0.429. The van der Waals surface area contributed by atoms with E-state index in [-0.39, 0.29) is 23.7 Å². The van der Waals surface area contributed by atoms with Crippen molar-refractivity contribution in [3.8, 4) is 0 Å². The number of benzene rings is 1. The summed E-state index contributed by atoms with van der Waals surface area (Å²) in [5.74, 6) is -3.13. The van der Waals surface area contributed by atoms with Crippen LogP contribution in [0.2, 0.25) is 0 Å². The highest BCUT2D eigenvalue weighted by atomic mass is 19.1. The molecule has 0 N–H and O–H groups in total. The molecule has 0 saturated carbocycles. The van der Waals surface area contributed by atoms with Crippen LogP contribution in [0, 0.1) is 17.6 Å². The Bertz CT molecular complexity index is 538. The molecular weight excluding hydrogens is 252 g/mol. The Labute approximate surface area is 110 Å². The number of hydrogen-bond donors (Lipinski definition) is 0. The average molecular weight is 267 g/mol. The molecule has 1 aliphatic heterocycles. The first-order valence-electron chi connectivity index (χ1n) is 6.34. The molecular formula is C14H15F2NO2. The summed E-state index contributed by atoms with van der Waals surface area (Å²) >= 11 is 0. The molecule has 1 aromatic rings. The van der Waals surface area contributed by atoms with Gasteiger partial charge in [-0.2, -0.15) is 0 Å². The number of carbonyl (C=O) groups is 2. The van der Waals surface area contributed by atoms with Crippen LogP contribution in [0.1, 0.15) is 37.0 Å². The number of nitrogens with zero attached hydrogens (tertiary/aromatic N) is 1. The minimum atomic E-state index is -0.861. The van der Waals surface area contributed by atoms with Gasteiger partial charge in [0, 0.05) is 12.6 Å². The molecule has 2 rings (SSSR count). The molecule has 5 heteroatoms. The summed E-state index contributed by atoms with van der Waals surface area (Å²) in [6.07, 6.45) is 1.65. The zero-order chi connectivity index (χ0) is 14.2. The summed E-state index contributed by atoms with van der Waals surface area (Å²) < 4.78 is 26.9. The number of anilines is 1. The van der Waals surface area contributed by atoms with Crippen LogP contribution in [0.15, 0.2) is 12.1 Å². The highest BCUT2D eigenvalue weighted by Crippen LogP contribution is 2.33. The van der Waals surface area contributed by atoms with Crippen molar-refractivity contribution in [2.75, 3.05) is 11.4 Å². The molecule has 0 aliphatic carbocycles. The van der Waals surface area contributed by atoms with Crippen LogP contribution in [0.5, 0.6) is 0 Å². The fourth-order valence-corrected chi connectivity index (χ4v) is 2.33. The molecule has 0 saturated heterocycles. The molecule has 1 heterocycles. The second kappa shape index (κ2) is 5.07. The van der Waals surface area contributed by atoms with Crippen molar-refractivity contribution in [3.05, 3.63) is 29.3 Å². The van der Waals surface area contributed by atoms with E-state index in [1.165, 1.54) is 0 Å². The number of halogens is 2. The zero-order valence-corrected chi connectivity index (χ0v) is 10.9. The molecule has 0 spiro atoms. The number of amides is 1. The van der Waals surface area contributed by atoms with Gasteiger partial charge < -0.3 is 4.90 Å². The number of rotatable bonds is 4. The predicted octanol–water partition coefficient (Wildman–Crippen LogP) is 2.93. The lowest BCUT2D eigenvalue weighted by Crippen LogP contribution is -2.34. The first kappa shape index (κ1) is 13.6. The molecule has 102 valence electrons. The van der Waals surface area contributed by atoms with Gasteiger partial charge in [0.2, 0.25) is 0 Å². The van der Waals surface area contributed by atoms with E-state index in [9.17, 15) is 18.4 Å². The van der Waals surface area contributed by atoms with Crippen molar-refractivity contribution in [3.63, 3.8) is 0 Å². The number of Topliss-reactive ketones (excluding diaryl/α,β-unsaturated/α-hetero) is 1. The minimum absolute atomic E-state index is 0.0803. The van der Waals surface area contributed by atoms with Crippen LogP contribution < -0.4 is 4.90 Å². The third kappa shape index (κ3) is 2.25. The summed E-state index contributed by atoms with van der Waals surface area (Å²) in [4.78, 5) is 24.8. The van der Waals surface area contributed by atoms with E-state index in [2.05, 4.69) is 0 Å². The maximum absolute atomic E-state index is 13.8. The second-order valence-corrected chi connectivity index (χ2v) is 4.71. The standard InChI is InChI=1S/C14H15F2NO2/c1-3-8(4-2)7-17-12-10(13(18)14(17)19)5-9(15)6-11(12)16/h5-6,8H,3-4,7H2,1-2H3. The number of ketones is 1. The number of fused-ring (bicyclic) bond motifs is 1. The Morgan fingerprint density at radius 1 is 1.16 bits per heavy atom. The zero-order valence-electron chi connectivity index (χ0n) is 10.9. The van der Waals surface area contributed by atoms with E-state index >= 15 is 0 Å². The second-order valence-electron chi connectivity index (χ2n) is 4.71. The highest BCUT2D eigenvalue weighted by Gasteiger charge is 2.39. The lowest BCUT2D eigenvalue weighted by molar-refractivity contribution is -0.114. The Kier molecular flexibility index (Phi) is 3.64. The Hall–Kier alpha value is -1.78. The van der Waals surface area contributed by atoms with Gasteiger partial charge in [0.25, 0.3) is 11.7 Å². The first-order valence-corrected chi connectivity index (χ1v) is 6.34. The van der Waals surface area contributed by atoms with E-state index in [1.54, 1.807) is 0 Å². The normalized spacial score (nSPS) is 14.5. The summed E-state index contributed by atoms with van der Waals surface area (Å²) in [7, 11) is 0. The number of carbonyl (C=O) groups excluding carboxylic acids is 2. The first-order chi connectivity index (χ1) is 8.99. The monoisotopic (exact) mass is 267 g/mol. The Morgan fingerprint density at radius 2 is 1.79 bits per heavy atom. The van der Waals surface area contributed by atoms with Gasteiger partial charge in [0.15, 0.2) is 5.82 Å². The van der Waals surface area contributed by atoms with Crippen molar-refractivity contribution in [1.29, 1.82) is 0 Å². The fourth-order valence-electron chi connectivity index (χ4n) is 2.33. The van der Waals surface area contributed by atoms with E-state index in [4.69, 9.17) is 0 Å². The van der Waals surface area contributed by atoms with E-state index in [0.717, 1.165) is 23.8 Å². The van der Waals surface area contributed by atoms with Crippen LogP contribution in [0.3, 0.4) is 0 Å². The van der Waals surface area contributed by atoms with Gasteiger partial charge in [-0.15, -0.1) is 0 Å². The third-order valence-corrected chi connectivity index (χ3v) is 3.58. The van der Waals surface area contributed by atoms with Crippen LogP contribution in [0.25, 0.3) is 0 Å². The van der Waals surface area contributed by atoms with E-state index in [1.807, 2.05) is 13.8 Å². The average Bonchev–Trinajstić information content (AvgIpc) is 2.61. The molecule has 1 aromatic carbocycles. The van der Waals surface area contributed by atoms with Gasteiger partial charge in [-0.05, 0) is 12.0 Å². The van der Waals surface area contributed by atoms with Gasteiger partial charge in [0.1, 0.15) is 5.82 Å². The topological polar surface area (TPSA) is 37.4 Å². The lowest BCUT2D eigenvalue weighted by atomic mass is 10.0. The largest absolute Gasteiger partial charge is 0.302 e. The van der Waals surface area contributed by atoms with Crippen molar-refractivity contribution in [1.82, 2.24) is 0 Å². The lowest BCUT2D eigenvalue weighted by Gasteiger charge is -2.22. The van der Waals surface area contributed by atoms with Gasteiger partial charge >= 0.3 is 0 Å². The molecule has 1 aliphatic rings. The van der Waals surface area contributed by atoms with Crippen molar-refractivity contribution >= 4 is 17.4 Å². The quantitative estimate of drug-likeness (QED) is 0.786. The molecule has 1 amide bonds. The highest BCUT2D eigenvalue weighted by molar-refractivity contribution is 6.52. The molecule has 0 unspecified atom stereocenters. The Morgan fingerprint density at radius 3 is 2.37 bits per heavy atom. The summed E-state index contributed by atoms with van der Waals surface area (Å²) in [6.45, 7) is 4.23. The van der Waals surface area contributed by atoms with Crippen LogP contribution >= 0.6 is 0 Å². The van der Waals surface area contributed by atoms with Crippen molar-refractivity contribution < 1.29 is 18.4 Å². The summed E-state index contributed by atoms with van der Waals surface area (Å²) in [6, 6.07) is 1.62. The molecule has 0 bridgehead atoms. The van der Waals surface area contributed by atoms with Crippen molar-refractivity contribution in [2.24, 2.45) is 5.92 Å². The van der Waals surface area contributed by atoms with Gasteiger partial charge in [-0.3, -0.25) is 9.59 Å². The van der Waals surface area contributed by atoms with Gasteiger partial charge in [-0.25, -0.2) is 8.78 Å². The molecule has 0 radical (unpaired) electrons. The SMILES string of the molecule is CCC(CC)CN1C(=O)C(=O)c2cc(F)cc(F)c21. The summed E-state index contributed by atoms with van der Waals surface area (Å²) in [5.41, 5.74) is -0.253. The molecule has 0 fully saturated rings. The smallest absolute Gasteiger partial charge is 0.299 e. The van der Waals surface area contributed by atoms with Gasteiger partial charge in [0.05, 0.1) is 11.3 Å². The molecule has 0 atom stereocenters. The van der Waals surface area contributed by atoms with Gasteiger partial charge in [-0.1, -0.05) is 26.7 Å². The third-order valence-electron chi connectivity index (χ3n) is 3.58. The van der Waals surface area contributed by atoms with Crippen LogP contribution in [0.4, 0.5) is 14.5 Å². The number of hydrogen-bond acceptors (Lipinski definition) is 2. The summed E-state index contributed by atoms with van der Waals surface area (Å²) in [5, 5.41) is 0. The molecule has 0 aromatic heterocycles. The predicted molar refractivity (Wildman–Crippen MR) is 67.1 cm³/mol.